The summed E-state index contributed by atoms with van der Waals surface area (Å²) < 4.78 is 5.49. The van der Waals surface area contributed by atoms with Crippen molar-refractivity contribution in [2.75, 3.05) is 36.4 Å². The van der Waals surface area contributed by atoms with Gasteiger partial charge in [0.1, 0.15) is 5.60 Å². The van der Waals surface area contributed by atoms with Crippen LogP contribution in [0.25, 0.3) is 0 Å². The molecule has 1 aromatic heterocycles. The minimum absolute atomic E-state index is 0.0311. The van der Waals surface area contributed by atoms with E-state index in [1.54, 1.807) is 11.1 Å². The number of aryl methyl sites for hydroxylation is 1. The van der Waals surface area contributed by atoms with Gasteiger partial charge in [0.15, 0.2) is 0 Å². The van der Waals surface area contributed by atoms with Crippen LogP contribution in [-0.4, -0.2) is 53.7 Å². The highest BCUT2D eigenvalue weighted by Gasteiger charge is 2.30. The zero-order valence-corrected chi connectivity index (χ0v) is 20.7. The van der Waals surface area contributed by atoms with Crippen molar-refractivity contribution in [1.82, 2.24) is 9.88 Å². The lowest BCUT2D eigenvalue weighted by molar-refractivity contribution is -0.119. The highest BCUT2D eigenvalue weighted by Crippen LogP contribution is 2.30. The Morgan fingerprint density at radius 2 is 1.74 bits per heavy atom. The van der Waals surface area contributed by atoms with Crippen molar-refractivity contribution in [2.45, 2.75) is 58.5 Å². The molecule has 0 bridgehead atoms. The molecular weight excluding hydrogens is 428 g/mol. The fourth-order valence-electron chi connectivity index (χ4n) is 4.81. The maximum atomic E-state index is 12.9. The Morgan fingerprint density at radius 1 is 1.03 bits per heavy atom. The molecule has 2 saturated heterocycles. The number of likely N-dealkylation sites (tertiary alicyclic amines) is 1. The predicted molar refractivity (Wildman–Crippen MR) is 134 cm³/mol. The van der Waals surface area contributed by atoms with Crippen LogP contribution < -0.4 is 10.2 Å². The first-order chi connectivity index (χ1) is 16.2. The van der Waals surface area contributed by atoms with E-state index in [4.69, 9.17) is 4.74 Å². The first-order valence-corrected chi connectivity index (χ1v) is 12.2. The molecule has 2 aliphatic heterocycles. The number of benzene rings is 1. The van der Waals surface area contributed by atoms with Gasteiger partial charge in [0, 0.05) is 38.1 Å². The van der Waals surface area contributed by atoms with Gasteiger partial charge in [-0.1, -0.05) is 12.1 Å². The second kappa shape index (κ2) is 10.0. The van der Waals surface area contributed by atoms with E-state index < -0.39 is 5.60 Å². The summed E-state index contributed by atoms with van der Waals surface area (Å²) in [6.45, 7) is 10.7. The molecule has 2 aromatic rings. The number of ether oxygens (including phenoxy) is 1. The summed E-state index contributed by atoms with van der Waals surface area (Å²) in [7, 11) is 0. The fraction of sp³-hybridized carbons (Fsp3) is 0.519. The molecule has 182 valence electrons. The lowest BCUT2D eigenvalue weighted by Crippen LogP contribution is -2.41. The third-order valence-electron chi connectivity index (χ3n) is 6.68. The number of aromatic nitrogens is 1. The minimum atomic E-state index is -0.470. The van der Waals surface area contributed by atoms with Crippen LogP contribution in [0.1, 0.15) is 57.2 Å². The summed E-state index contributed by atoms with van der Waals surface area (Å²) in [5, 5.41) is 3.09. The molecule has 2 fully saturated rings. The van der Waals surface area contributed by atoms with Gasteiger partial charge in [-0.25, -0.2) is 4.79 Å². The van der Waals surface area contributed by atoms with Crippen molar-refractivity contribution in [3.05, 3.63) is 53.9 Å². The standard InChI is InChI=1S/C27H36N4O3/c1-19-24(6-5-14-28-19)31-17-13-22(18-31)25(32)29-23-9-7-20(8-10-23)21-11-15-30(16-12-21)26(33)34-27(2,3)4/h5-10,14,21-22H,11-13,15-18H2,1-4H3,(H,29,32). The zero-order chi connectivity index (χ0) is 24.3. The predicted octanol–water partition coefficient (Wildman–Crippen LogP) is 4.97. The van der Waals surface area contributed by atoms with Crippen LogP contribution in [0.4, 0.5) is 16.2 Å². The summed E-state index contributed by atoms with van der Waals surface area (Å²) in [6.07, 6.45) is 4.24. The maximum Gasteiger partial charge on any atom is 0.410 e. The summed E-state index contributed by atoms with van der Waals surface area (Å²) >= 11 is 0. The van der Waals surface area contributed by atoms with Gasteiger partial charge in [0.05, 0.1) is 17.3 Å². The van der Waals surface area contributed by atoms with Crippen LogP contribution in [-0.2, 0) is 9.53 Å². The first kappa shape index (κ1) is 24.0. The van der Waals surface area contributed by atoms with E-state index in [1.807, 2.05) is 45.9 Å². The Kier molecular flexibility index (Phi) is 7.10. The van der Waals surface area contributed by atoms with Gasteiger partial charge in [-0.3, -0.25) is 9.78 Å². The lowest BCUT2D eigenvalue weighted by atomic mass is 9.89. The SMILES string of the molecule is Cc1ncccc1N1CCC(C(=O)Nc2ccc(C3CCN(C(=O)OC(C)(C)C)CC3)cc2)C1. The number of carbonyl (C=O) groups is 2. The monoisotopic (exact) mass is 464 g/mol. The Bertz CT molecular complexity index is 1010. The average molecular weight is 465 g/mol. The van der Waals surface area contributed by atoms with Crippen molar-refractivity contribution in [2.24, 2.45) is 5.92 Å². The molecule has 2 aliphatic rings. The number of piperidine rings is 1. The second-order valence-corrected chi connectivity index (χ2v) is 10.4. The summed E-state index contributed by atoms with van der Waals surface area (Å²) in [6, 6.07) is 12.2. The van der Waals surface area contributed by atoms with Crippen LogP contribution in [0, 0.1) is 12.8 Å². The molecule has 0 saturated carbocycles. The van der Waals surface area contributed by atoms with E-state index in [-0.39, 0.29) is 17.9 Å². The Morgan fingerprint density at radius 3 is 2.38 bits per heavy atom. The molecule has 4 rings (SSSR count). The van der Waals surface area contributed by atoms with Gasteiger partial charge in [-0.2, -0.15) is 0 Å². The Balaban J connectivity index is 1.27. The number of hydrogen-bond donors (Lipinski definition) is 1. The smallest absolute Gasteiger partial charge is 0.410 e. The number of pyridine rings is 1. The average Bonchev–Trinajstić information content (AvgIpc) is 3.29. The quantitative estimate of drug-likeness (QED) is 0.692. The van der Waals surface area contributed by atoms with Gasteiger partial charge < -0.3 is 19.9 Å². The normalized spacial score (nSPS) is 19.2. The van der Waals surface area contributed by atoms with Crippen molar-refractivity contribution in [3.63, 3.8) is 0 Å². The first-order valence-electron chi connectivity index (χ1n) is 12.2. The van der Waals surface area contributed by atoms with Crippen molar-refractivity contribution in [3.8, 4) is 0 Å². The maximum absolute atomic E-state index is 12.9. The van der Waals surface area contributed by atoms with Crippen LogP contribution in [0.5, 0.6) is 0 Å². The summed E-state index contributed by atoms with van der Waals surface area (Å²) in [4.78, 5) is 33.6. The lowest BCUT2D eigenvalue weighted by Gasteiger charge is -2.33. The number of rotatable bonds is 4. The zero-order valence-electron chi connectivity index (χ0n) is 20.7. The summed E-state index contributed by atoms with van der Waals surface area (Å²) in [5.74, 6) is 0.452. The highest BCUT2D eigenvalue weighted by atomic mass is 16.6. The third-order valence-corrected chi connectivity index (χ3v) is 6.68. The molecule has 1 aromatic carbocycles. The van der Waals surface area contributed by atoms with E-state index in [1.165, 1.54) is 5.56 Å². The number of amides is 2. The molecule has 7 heteroatoms. The van der Waals surface area contributed by atoms with Gasteiger partial charge >= 0.3 is 6.09 Å². The van der Waals surface area contributed by atoms with E-state index in [9.17, 15) is 9.59 Å². The third kappa shape index (κ3) is 5.88. The van der Waals surface area contributed by atoms with Crippen molar-refractivity contribution < 1.29 is 14.3 Å². The van der Waals surface area contributed by atoms with Gasteiger partial charge in [0.2, 0.25) is 5.91 Å². The van der Waals surface area contributed by atoms with Gasteiger partial charge in [-0.15, -0.1) is 0 Å². The molecular formula is C27H36N4O3. The summed E-state index contributed by atoms with van der Waals surface area (Å²) in [5.41, 5.74) is 3.72. The minimum Gasteiger partial charge on any atom is -0.444 e. The molecule has 0 radical (unpaired) electrons. The number of nitrogens with one attached hydrogen (secondary N) is 1. The van der Waals surface area contributed by atoms with Crippen LogP contribution in [0.15, 0.2) is 42.6 Å². The van der Waals surface area contributed by atoms with E-state index >= 15 is 0 Å². The van der Waals surface area contributed by atoms with Crippen molar-refractivity contribution >= 4 is 23.4 Å². The molecule has 1 atom stereocenters. The topological polar surface area (TPSA) is 74.8 Å². The van der Waals surface area contributed by atoms with E-state index in [2.05, 4.69) is 33.4 Å². The van der Waals surface area contributed by atoms with E-state index in [0.29, 0.717) is 25.6 Å². The molecule has 0 spiro atoms. The van der Waals surface area contributed by atoms with Crippen LogP contribution >= 0.6 is 0 Å². The molecule has 34 heavy (non-hydrogen) atoms. The number of hydrogen-bond acceptors (Lipinski definition) is 5. The molecule has 1 unspecified atom stereocenters. The number of anilines is 2. The highest BCUT2D eigenvalue weighted by molar-refractivity contribution is 5.93. The number of carbonyl (C=O) groups excluding carboxylic acids is 2. The second-order valence-electron chi connectivity index (χ2n) is 10.4. The number of nitrogens with zero attached hydrogens (tertiary/aromatic N) is 3. The largest absolute Gasteiger partial charge is 0.444 e. The Labute approximate surface area is 202 Å². The van der Waals surface area contributed by atoms with Gasteiger partial charge in [0.25, 0.3) is 0 Å². The Hall–Kier alpha value is -3.09. The molecule has 0 aliphatic carbocycles. The molecule has 3 heterocycles. The van der Waals surface area contributed by atoms with E-state index in [0.717, 1.165) is 42.9 Å². The van der Waals surface area contributed by atoms with Crippen LogP contribution in [0.2, 0.25) is 0 Å². The molecule has 2 amide bonds. The van der Waals surface area contributed by atoms with Gasteiger partial charge in [-0.05, 0) is 82.7 Å². The van der Waals surface area contributed by atoms with Crippen LogP contribution in [0.3, 0.4) is 0 Å². The molecule has 1 N–H and O–H groups in total. The molecule has 7 nitrogen and oxygen atoms in total. The van der Waals surface area contributed by atoms with Crippen molar-refractivity contribution in [1.29, 1.82) is 0 Å². The fourth-order valence-corrected chi connectivity index (χ4v) is 4.81.